The maximum atomic E-state index is 14.7. The maximum absolute atomic E-state index is 14.7. The number of aliphatic hydroxyl groups excluding tert-OH is 4. The molecule has 0 radical (unpaired) electrons. The predicted molar refractivity (Wildman–Crippen MR) is 485 cm³/mol. The number of unbranched alkanes of at least 4 members (excludes halogenated alkanes) is 1. The number of fused-ring (bicyclic) bond motifs is 1. The number of thioether (sulfide) groups is 1. The number of amides is 17. The number of carbonyl (C=O) groups is 20. The molecule has 0 fully saturated rings. The van der Waals surface area contributed by atoms with Gasteiger partial charge in [0.15, 0.2) is 0 Å². The van der Waals surface area contributed by atoms with Gasteiger partial charge in [-0.25, -0.2) is 0 Å². The van der Waals surface area contributed by atoms with Crippen molar-refractivity contribution >= 4 is 130 Å². The zero-order valence-corrected chi connectivity index (χ0v) is 77.1. The van der Waals surface area contributed by atoms with Gasteiger partial charge in [-0.1, -0.05) is 107 Å². The van der Waals surface area contributed by atoms with Crippen LogP contribution in [0.3, 0.4) is 0 Å². The van der Waals surface area contributed by atoms with Crippen molar-refractivity contribution in [2.24, 2.45) is 17.6 Å². The summed E-state index contributed by atoms with van der Waals surface area (Å²) < 4.78 is 0. The summed E-state index contributed by atoms with van der Waals surface area (Å²) in [5, 5.41) is 128. The van der Waals surface area contributed by atoms with Crippen LogP contribution in [-0.2, 0) is 106 Å². The van der Waals surface area contributed by atoms with Gasteiger partial charge in [0.25, 0.3) is 11.8 Å². The van der Waals surface area contributed by atoms with Crippen molar-refractivity contribution < 1.29 is 142 Å². The average molecular weight is 1930 g/mol. The summed E-state index contributed by atoms with van der Waals surface area (Å²) in [6, 6.07) is 0.333. The fourth-order valence-corrected chi connectivity index (χ4v) is 14.4. The molecular formula is C89H123N17O29S. The number of imide groups is 1. The van der Waals surface area contributed by atoms with E-state index in [4.69, 9.17) is 5.73 Å². The van der Waals surface area contributed by atoms with Crippen LogP contribution in [0.5, 0.6) is 11.5 Å². The number of carboxylic acids is 3. The Bertz CT molecular complexity index is 4860. The van der Waals surface area contributed by atoms with Gasteiger partial charge in [-0.3, -0.25) is 101 Å². The third kappa shape index (κ3) is 37.9. The molecule has 0 saturated carbocycles. The van der Waals surface area contributed by atoms with Gasteiger partial charge in [0.2, 0.25) is 88.6 Å². The lowest BCUT2D eigenvalue weighted by Crippen LogP contribution is -2.63. The summed E-state index contributed by atoms with van der Waals surface area (Å²) in [7, 11) is 0. The number of aliphatic carboxylic acids is 3. The first kappa shape index (κ1) is 113. The van der Waals surface area contributed by atoms with Gasteiger partial charge in [-0.05, 0) is 125 Å². The Labute approximate surface area is 786 Å². The molecule has 744 valence electrons. The van der Waals surface area contributed by atoms with E-state index in [1.54, 1.807) is 65.0 Å². The van der Waals surface area contributed by atoms with Crippen molar-refractivity contribution in [1.82, 2.24) is 84.7 Å². The highest BCUT2D eigenvalue weighted by atomic mass is 32.2. The van der Waals surface area contributed by atoms with Gasteiger partial charge < -0.3 is 131 Å². The third-order valence-corrected chi connectivity index (χ3v) is 22.3. The Morgan fingerprint density at radius 3 is 1.32 bits per heavy atom. The van der Waals surface area contributed by atoms with Gasteiger partial charge >= 0.3 is 17.9 Å². The summed E-state index contributed by atoms with van der Waals surface area (Å²) in [5.41, 5.74) is 7.69. The average Bonchev–Trinajstić information content (AvgIpc) is 1.63. The predicted octanol–water partition coefficient (Wildman–Crippen LogP) is -5.20. The lowest BCUT2D eigenvalue weighted by molar-refractivity contribution is -0.142. The number of phenolic OH excluding ortho intramolecular Hbond substituents is 2. The minimum absolute atomic E-state index is 0.0820. The van der Waals surface area contributed by atoms with Crippen molar-refractivity contribution in [3.63, 3.8) is 0 Å². The molecule has 16 atom stereocenters. The van der Waals surface area contributed by atoms with Gasteiger partial charge in [-0.15, -0.1) is 11.8 Å². The molecule has 17 amide bonds. The number of nitrogens with two attached hydrogens (primary N) is 1. The number of carboxylic acid groups (broad SMARTS) is 3. The summed E-state index contributed by atoms with van der Waals surface area (Å²) in [5.74, 6) is -25.0. The molecule has 0 saturated heterocycles. The standard InChI is InChI=1S/C89H123N17O29S/c1-9-47(5)73(85(131)99-61(37-53-21-25-55(112)26-22-53)79(125)95-59(33-45(2)3)78(124)97-63(38-71(118)119)77(123)93-48(6)15-13-14-30-90)104-84(130)66(42-108)101-80(126)60(36-52-19-23-54(111)24-20-52)96-81(127)64(39-72(120)121)98-83(129)65(41-107)102-87(133)75(50(8)110)105-82(128)62(35-51-16-11-10-12-17-51)100-86(132)74(49(7)109)103-67(113)40-92-76(122)58(28-29-70(116)117)94-69(115)44-136-43-68(114)91-31-32-106-88(134)56-27-18-46(4)34-57(56)89(106)135/h10-12,16-27,34,45,47-50,58-66,73-75,107-112H,9,13-15,28-33,35-44,90H2,1-8H3,(H,91,114)(H,92,122)(H,93,123)(H,94,115)(H,95,125)(H,96,127)(H,97,124)(H,98,129)(H,99,131)(H,100,132)(H,101,126)(H,102,133)(H,103,113)(H,104,130)(H,105,128)(H,116,117)(H,118,119)(H,120,121)/t47-,48+,49+,50+,58-,59-,60-,61-,62-,63-,64-,65-,66-,73-,74-,75-/m0/s1. The molecule has 5 rings (SSSR count). The van der Waals surface area contributed by atoms with Gasteiger partial charge in [-0.2, -0.15) is 0 Å². The molecule has 47 heteroatoms. The normalized spacial score (nSPS) is 15.1. The molecule has 0 unspecified atom stereocenters. The molecule has 0 spiro atoms. The van der Waals surface area contributed by atoms with E-state index in [9.17, 15) is 142 Å². The number of aromatic hydroxyl groups is 2. The molecule has 1 heterocycles. The van der Waals surface area contributed by atoms with Crippen LogP contribution in [-0.4, -0.2) is 311 Å². The second-order valence-electron chi connectivity index (χ2n) is 33.1. The Hall–Kier alpha value is -13.8. The van der Waals surface area contributed by atoms with Crippen LogP contribution in [0.1, 0.15) is 149 Å². The summed E-state index contributed by atoms with van der Waals surface area (Å²) in [6.45, 7) is 8.61. The van der Waals surface area contributed by atoms with E-state index in [1.807, 2.05) is 0 Å². The quantitative estimate of drug-likeness (QED) is 0.0145. The maximum Gasteiger partial charge on any atom is 0.305 e. The smallest absolute Gasteiger partial charge is 0.305 e. The second-order valence-corrected chi connectivity index (χ2v) is 34.1. The van der Waals surface area contributed by atoms with Gasteiger partial charge in [0, 0.05) is 44.8 Å². The zero-order valence-electron chi connectivity index (χ0n) is 76.3. The van der Waals surface area contributed by atoms with Crippen molar-refractivity contribution in [3.05, 3.63) is 130 Å². The van der Waals surface area contributed by atoms with Crippen LogP contribution in [0.2, 0.25) is 0 Å². The van der Waals surface area contributed by atoms with Crippen molar-refractivity contribution in [3.8, 4) is 11.5 Å². The van der Waals surface area contributed by atoms with Crippen molar-refractivity contribution in [2.75, 3.05) is 50.9 Å². The highest BCUT2D eigenvalue weighted by Gasteiger charge is 2.41. The van der Waals surface area contributed by atoms with Crippen LogP contribution in [0.4, 0.5) is 0 Å². The van der Waals surface area contributed by atoms with Gasteiger partial charge in [0.05, 0.1) is 67.4 Å². The molecule has 0 aliphatic carbocycles. The molecule has 1 aliphatic heterocycles. The Morgan fingerprint density at radius 2 is 0.831 bits per heavy atom. The molecule has 1 aliphatic rings. The highest BCUT2D eigenvalue weighted by Crippen LogP contribution is 2.25. The van der Waals surface area contributed by atoms with E-state index in [-0.39, 0.29) is 72.2 Å². The number of phenols is 2. The summed E-state index contributed by atoms with van der Waals surface area (Å²) in [4.78, 5) is 273. The highest BCUT2D eigenvalue weighted by molar-refractivity contribution is 8.00. The molecule has 26 N–H and O–H groups in total. The second kappa shape index (κ2) is 56.4. The molecular weight excluding hydrogens is 1800 g/mol. The third-order valence-electron chi connectivity index (χ3n) is 21.3. The fraction of sp³-hybridized carbons (Fsp3) is 0.506. The number of hydrogen-bond donors (Lipinski definition) is 25. The van der Waals surface area contributed by atoms with E-state index in [1.165, 1.54) is 73.7 Å². The van der Waals surface area contributed by atoms with E-state index < -0.39 is 279 Å². The molecule has 46 nitrogen and oxygen atoms in total. The first-order valence-corrected chi connectivity index (χ1v) is 45.0. The van der Waals surface area contributed by atoms with Gasteiger partial charge in [0.1, 0.15) is 84.0 Å². The van der Waals surface area contributed by atoms with Crippen LogP contribution >= 0.6 is 11.8 Å². The number of aryl methyl sites for hydroxylation is 1. The number of rotatable bonds is 59. The lowest BCUT2D eigenvalue weighted by Gasteiger charge is -2.30. The van der Waals surface area contributed by atoms with Crippen LogP contribution < -0.4 is 85.5 Å². The number of benzene rings is 4. The molecule has 136 heavy (non-hydrogen) atoms. The number of aliphatic hydroxyl groups is 4. The van der Waals surface area contributed by atoms with Crippen LogP contribution in [0.15, 0.2) is 97.1 Å². The van der Waals surface area contributed by atoms with E-state index in [0.717, 1.165) is 36.1 Å². The molecule has 0 bridgehead atoms. The number of nitrogens with one attached hydrogen (secondary N) is 15. The van der Waals surface area contributed by atoms with Crippen LogP contribution in [0, 0.1) is 18.8 Å². The monoisotopic (exact) mass is 1930 g/mol. The largest absolute Gasteiger partial charge is 0.508 e. The Balaban J connectivity index is 1.28. The topological polar surface area (TPSA) is 733 Å². The molecule has 4 aromatic rings. The first-order chi connectivity index (χ1) is 64.3. The van der Waals surface area contributed by atoms with E-state index in [0.29, 0.717) is 36.9 Å². The molecule has 4 aromatic carbocycles. The summed E-state index contributed by atoms with van der Waals surface area (Å²) in [6.07, 6.45) is -6.50. The first-order valence-electron chi connectivity index (χ1n) is 43.8. The van der Waals surface area contributed by atoms with Crippen molar-refractivity contribution in [2.45, 2.75) is 223 Å². The number of carbonyl (C=O) groups excluding carboxylic acids is 17. The number of nitrogens with zero attached hydrogens (tertiary/aromatic N) is 1. The Morgan fingerprint density at radius 1 is 0.412 bits per heavy atom. The van der Waals surface area contributed by atoms with E-state index in [2.05, 4.69) is 79.8 Å². The fourth-order valence-electron chi connectivity index (χ4n) is 13.7. The SMILES string of the molecule is CC[C@H](C)[C@H](NC(=O)[C@H](CO)NC(=O)[C@H](Cc1ccc(O)cc1)NC(=O)[C@H](CC(=O)O)NC(=O)[C@H](CO)NC(=O)[C@@H](NC(=O)[C@H](Cc1ccccc1)NC(=O)[C@@H](NC(=O)CNC(=O)[C@H](CCC(=O)O)NC(=O)CSCC(=O)NCCN1C(=O)c2ccc(C)cc2C1=O)[C@@H](C)O)[C@@H](C)O)C(=O)N[C@@H](Cc1ccc(O)cc1)C(=O)N[C@@H](CC(C)C)C(=O)N[C@@H](CC(=O)O)C(=O)N[C@H](C)CCCCN. The lowest BCUT2D eigenvalue weighted by atomic mass is 9.96. The molecule has 0 aromatic heterocycles. The minimum atomic E-state index is -2.23. The van der Waals surface area contributed by atoms with Crippen molar-refractivity contribution in [1.29, 1.82) is 0 Å². The Kier molecular flexibility index (Phi) is 46.8. The van der Waals surface area contributed by atoms with Crippen LogP contribution in [0.25, 0.3) is 0 Å². The minimum Gasteiger partial charge on any atom is -0.508 e. The zero-order chi connectivity index (χ0) is 101. The number of hydrogen-bond acceptors (Lipinski definition) is 28. The summed E-state index contributed by atoms with van der Waals surface area (Å²) >= 11 is 0.787. The van der Waals surface area contributed by atoms with E-state index >= 15 is 0 Å².